The largest absolute Gasteiger partial charge is 0.462 e. The normalized spacial score (nSPS) is 14.6. The molecule has 1 saturated heterocycles. The molecule has 1 amide bonds. The van der Waals surface area contributed by atoms with Crippen LogP contribution in [0.25, 0.3) is 0 Å². The fourth-order valence-corrected chi connectivity index (χ4v) is 5.49. The molecule has 33 heavy (non-hydrogen) atoms. The number of rotatable bonds is 7. The van der Waals surface area contributed by atoms with E-state index in [1.807, 2.05) is 4.90 Å². The number of aromatic nitrogens is 1. The molecule has 0 radical (unpaired) electrons. The Morgan fingerprint density at radius 2 is 1.76 bits per heavy atom. The highest BCUT2D eigenvalue weighted by atomic mass is 32.2. The minimum Gasteiger partial charge on any atom is -0.462 e. The molecule has 0 atom stereocenters. The van der Waals surface area contributed by atoms with Gasteiger partial charge < -0.3 is 19.5 Å². The summed E-state index contributed by atoms with van der Waals surface area (Å²) in [5, 5.41) is 0. The standard InChI is InChI=1S/C22H29FN4O5S/c1-5-32-22(29)20-15(2)24-16(3)21(20)33(30,31)25(4)14-19(28)27-12-10-26(11-13-27)18-9-7-6-8-17(18)23/h6-9,24H,5,10-14H2,1-4H3. The van der Waals surface area contributed by atoms with Crippen molar-refractivity contribution in [2.24, 2.45) is 0 Å². The second-order valence-corrected chi connectivity index (χ2v) is 9.86. The number of carbonyl (C=O) groups excluding carboxylic acids is 2. The van der Waals surface area contributed by atoms with E-state index in [1.54, 1.807) is 43.9 Å². The summed E-state index contributed by atoms with van der Waals surface area (Å²) in [6.07, 6.45) is 0. The molecule has 0 aliphatic carbocycles. The number of hydrogen-bond acceptors (Lipinski definition) is 6. The van der Waals surface area contributed by atoms with Crippen molar-refractivity contribution >= 4 is 27.6 Å². The van der Waals surface area contributed by atoms with Gasteiger partial charge in [0.15, 0.2) is 0 Å². The minimum absolute atomic E-state index is 0.0489. The molecule has 1 aliphatic rings. The van der Waals surface area contributed by atoms with Gasteiger partial charge in [0, 0.05) is 44.6 Å². The van der Waals surface area contributed by atoms with Gasteiger partial charge in [0.25, 0.3) is 0 Å². The fraction of sp³-hybridized carbons (Fsp3) is 0.455. The summed E-state index contributed by atoms with van der Waals surface area (Å²) in [4.78, 5) is 31.3. The number of hydrogen-bond donors (Lipinski definition) is 1. The van der Waals surface area contributed by atoms with Crippen LogP contribution in [0.15, 0.2) is 29.2 Å². The monoisotopic (exact) mass is 480 g/mol. The summed E-state index contributed by atoms with van der Waals surface area (Å²) in [5.74, 6) is -1.42. The number of benzene rings is 1. The number of piperazine rings is 1. The first-order chi connectivity index (χ1) is 15.6. The third-order valence-electron chi connectivity index (χ3n) is 5.65. The second-order valence-electron chi connectivity index (χ2n) is 7.88. The van der Waals surface area contributed by atoms with Gasteiger partial charge in [-0.1, -0.05) is 12.1 Å². The quantitative estimate of drug-likeness (QED) is 0.608. The molecule has 0 spiro atoms. The van der Waals surface area contributed by atoms with Crippen molar-refractivity contribution < 1.29 is 27.1 Å². The van der Waals surface area contributed by atoms with E-state index in [9.17, 15) is 22.4 Å². The number of ether oxygens (including phenoxy) is 1. The van der Waals surface area contributed by atoms with Crippen LogP contribution in [-0.2, 0) is 19.6 Å². The lowest BCUT2D eigenvalue weighted by atomic mass is 10.2. The molecule has 1 fully saturated rings. The summed E-state index contributed by atoms with van der Waals surface area (Å²) in [6.45, 7) is 6.08. The average Bonchev–Trinajstić information content (AvgIpc) is 3.08. The van der Waals surface area contributed by atoms with Crippen molar-refractivity contribution in [1.29, 1.82) is 0 Å². The molecule has 3 rings (SSSR count). The summed E-state index contributed by atoms with van der Waals surface area (Å²) < 4.78 is 46.5. The van der Waals surface area contributed by atoms with Gasteiger partial charge in [-0.25, -0.2) is 17.6 Å². The van der Waals surface area contributed by atoms with Crippen molar-refractivity contribution in [2.75, 3.05) is 51.3 Å². The molecule has 0 saturated carbocycles. The molecule has 1 N–H and O–H groups in total. The van der Waals surface area contributed by atoms with Crippen LogP contribution in [0.4, 0.5) is 10.1 Å². The van der Waals surface area contributed by atoms with Crippen LogP contribution in [0, 0.1) is 19.7 Å². The van der Waals surface area contributed by atoms with Crippen LogP contribution < -0.4 is 4.90 Å². The van der Waals surface area contributed by atoms with Crippen LogP contribution in [0.5, 0.6) is 0 Å². The van der Waals surface area contributed by atoms with Crippen LogP contribution in [0.1, 0.15) is 28.7 Å². The van der Waals surface area contributed by atoms with Gasteiger partial charge in [0.2, 0.25) is 15.9 Å². The minimum atomic E-state index is -4.14. The molecule has 9 nitrogen and oxygen atoms in total. The third kappa shape index (κ3) is 5.03. The van der Waals surface area contributed by atoms with Gasteiger partial charge in [0.1, 0.15) is 16.3 Å². The van der Waals surface area contributed by atoms with E-state index in [4.69, 9.17) is 4.74 Å². The molecule has 1 aliphatic heterocycles. The smallest absolute Gasteiger partial charge is 0.341 e. The summed E-state index contributed by atoms with van der Waals surface area (Å²) in [6, 6.07) is 6.46. The Morgan fingerprint density at radius 1 is 1.12 bits per heavy atom. The Bertz CT molecular complexity index is 1140. The lowest BCUT2D eigenvalue weighted by Crippen LogP contribution is -2.51. The zero-order valence-electron chi connectivity index (χ0n) is 19.2. The number of H-pyrrole nitrogens is 1. The highest BCUT2D eigenvalue weighted by molar-refractivity contribution is 7.89. The van der Waals surface area contributed by atoms with E-state index < -0.39 is 16.0 Å². The van der Waals surface area contributed by atoms with Gasteiger partial charge in [-0.2, -0.15) is 4.31 Å². The molecule has 1 aromatic carbocycles. The maximum Gasteiger partial charge on any atom is 0.341 e. The number of anilines is 1. The molecule has 0 unspecified atom stereocenters. The van der Waals surface area contributed by atoms with Gasteiger partial charge in [0.05, 0.1) is 18.8 Å². The topological polar surface area (TPSA) is 103 Å². The van der Waals surface area contributed by atoms with Crippen LogP contribution >= 0.6 is 0 Å². The predicted octanol–water partition coefficient (Wildman–Crippen LogP) is 1.92. The van der Waals surface area contributed by atoms with E-state index in [-0.39, 0.29) is 35.3 Å². The number of aryl methyl sites for hydroxylation is 2. The number of para-hydroxylation sites is 1. The zero-order valence-corrected chi connectivity index (χ0v) is 20.0. The summed E-state index contributed by atoms with van der Waals surface area (Å²) >= 11 is 0. The maximum absolute atomic E-state index is 14.0. The van der Waals surface area contributed by atoms with Gasteiger partial charge >= 0.3 is 5.97 Å². The van der Waals surface area contributed by atoms with E-state index in [0.29, 0.717) is 43.3 Å². The Morgan fingerprint density at radius 3 is 2.36 bits per heavy atom. The second kappa shape index (κ2) is 9.92. The zero-order chi connectivity index (χ0) is 24.3. The number of nitrogens with one attached hydrogen (secondary N) is 1. The van der Waals surface area contributed by atoms with Crippen molar-refractivity contribution in [3.63, 3.8) is 0 Å². The molecular weight excluding hydrogens is 451 g/mol. The maximum atomic E-state index is 14.0. The predicted molar refractivity (Wildman–Crippen MR) is 121 cm³/mol. The highest BCUT2D eigenvalue weighted by Gasteiger charge is 2.34. The molecule has 0 bridgehead atoms. The van der Waals surface area contributed by atoms with Crippen molar-refractivity contribution in [3.05, 3.63) is 47.0 Å². The SMILES string of the molecule is CCOC(=O)c1c(C)[nH]c(C)c1S(=O)(=O)N(C)CC(=O)N1CCN(c2ccccc2F)CC1. The van der Waals surface area contributed by atoms with E-state index in [2.05, 4.69) is 4.98 Å². The fourth-order valence-electron chi connectivity index (χ4n) is 3.97. The molecule has 1 aromatic heterocycles. The summed E-state index contributed by atoms with van der Waals surface area (Å²) in [7, 11) is -2.84. The number of likely N-dealkylation sites (N-methyl/N-ethyl adjacent to an activating group) is 1. The lowest BCUT2D eigenvalue weighted by Gasteiger charge is -2.36. The van der Waals surface area contributed by atoms with Crippen LogP contribution in [0.3, 0.4) is 0 Å². The van der Waals surface area contributed by atoms with Gasteiger partial charge in [-0.05, 0) is 32.9 Å². The number of sulfonamides is 1. The average molecular weight is 481 g/mol. The van der Waals surface area contributed by atoms with Crippen LogP contribution in [0.2, 0.25) is 0 Å². The Kier molecular flexibility index (Phi) is 7.43. The molecular formula is C22H29FN4O5S. The van der Waals surface area contributed by atoms with Crippen molar-refractivity contribution in [1.82, 2.24) is 14.2 Å². The molecule has 180 valence electrons. The van der Waals surface area contributed by atoms with Crippen molar-refractivity contribution in [2.45, 2.75) is 25.7 Å². The number of carbonyl (C=O) groups is 2. The Balaban J connectivity index is 1.70. The van der Waals surface area contributed by atoms with Crippen LogP contribution in [-0.4, -0.2) is 80.9 Å². The first-order valence-electron chi connectivity index (χ1n) is 10.7. The van der Waals surface area contributed by atoms with E-state index in [0.717, 1.165) is 4.31 Å². The Labute approximate surface area is 193 Å². The lowest BCUT2D eigenvalue weighted by molar-refractivity contribution is -0.131. The third-order valence-corrected chi connectivity index (χ3v) is 7.62. The number of halogens is 1. The van der Waals surface area contributed by atoms with Crippen molar-refractivity contribution in [3.8, 4) is 0 Å². The number of amides is 1. The van der Waals surface area contributed by atoms with Gasteiger partial charge in [-0.15, -0.1) is 0 Å². The molecule has 2 heterocycles. The van der Waals surface area contributed by atoms with E-state index in [1.165, 1.54) is 13.1 Å². The summed E-state index contributed by atoms with van der Waals surface area (Å²) in [5.41, 5.74) is 1.11. The first-order valence-corrected chi connectivity index (χ1v) is 12.1. The first kappa shape index (κ1) is 24.7. The Hall–Kier alpha value is -2.92. The number of aromatic amines is 1. The highest BCUT2D eigenvalue weighted by Crippen LogP contribution is 2.27. The number of esters is 1. The van der Waals surface area contributed by atoms with Gasteiger partial charge in [-0.3, -0.25) is 4.79 Å². The molecule has 2 aromatic rings. The number of nitrogens with zero attached hydrogens (tertiary/aromatic N) is 3. The van der Waals surface area contributed by atoms with E-state index >= 15 is 0 Å². The molecule has 11 heteroatoms.